The summed E-state index contributed by atoms with van der Waals surface area (Å²) in [7, 11) is 1.63. The number of rotatable bonds is 3. The van der Waals surface area contributed by atoms with Crippen molar-refractivity contribution in [1.82, 2.24) is 4.98 Å². The predicted octanol–water partition coefficient (Wildman–Crippen LogP) is 4.19. The number of pyridine rings is 1. The molecule has 2 aromatic carbocycles. The Kier molecular flexibility index (Phi) is 3.79. The maximum atomic E-state index is 5.66. The summed E-state index contributed by atoms with van der Waals surface area (Å²) in [6, 6.07) is 16.1. The number of hydrogen-bond donors (Lipinski definition) is 0. The topological polar surface area (TPSA) is 40.6 Å². The first-order valence-corrected chi connectivity index (χ1v) is 7.85. The maximum Gasteiger partial charge on any atom is 0.203 e. The van der Waals surface area contributed by atoms with Crippen LogP contribution >= 0.6 is 0 Å². The van der Waals surface area contributed by atoms with Gasteiger partial charge in [-0.05, 0) is 35.9 Å². The molecule has 1 aliphatic heterocycles. The molecule has 4 nitrogen and oxygen atoms in total. The van der Waals surface area contributed by atoms with Gasteiger partial charge in [0.1, 0.15) is 13.2 Å². The molecule has 0 aliphatic carbocycles. The van der Waals surface area contributed by atoms with Crippen molar-refractivity contribution in [3.05, 3.63) is 59.8 Å². The van der Waals surface area contributed by atoms with Crippen LogP contribution in [0.15, 0.2) is 48.5 Å². The number of ether oxygens (including phenoxy) is 3. The summed E-state index contributed by atoms with van der Waals surface area (Å²) < 4.78 is 16.7. The molecule has 2 heterocycles. The second-order valence-corrected chi connectivity index (χ2v) is 5.51. The van der Waals surface area contributed by atoms with Crippen LogP contribution in [0, 0.1) is 0 Å². The van der Waals surface area contributed by atoms with Gasteiger partial charge in [-0.25, -0.2) is 4.98 Å². The Hall–Kier alpha value is -3.01. The third-order valence-electron chi connectivity index (χ3n) is 3.92. The van der Waals surface area contributed by atoms with Gasteiger partial charge >= 0.3 is 0 Å². The zero-order valence-electron chi connectivity index (χ0n) is 13.4. The average molecular weight is 319 g/mol. The van der Waals surface area contributed by atoms with Gasteiger partial charge in [-0.1, -0.05) is 30.3 Å². The van der Waals surface area contributed by atoms with Crippen molar-refractivity contribution in [3.63, 3.8) is 0 Å². The molecule has 1 aromatic heterocycles. The van der Waals surface area contributed by atoms with Crippen molar-refractivity contribution >= 4 is 23.1 Å². The van der Waals surface area contributed by atoms with Gasteiger partial charge in [0, 0.05) is 5.39 Å². The van der Waals surface area contributed by atoms with Crippen LogP contribution in [-0.2, 0) is 0 Å². The van der Waals surface area contributed by atoms with E-state index >= 15 is 0 Å². The summed E-state index contributed by atoms with van der Waals surface area (Å²) in [5, 5.41) is 1.13. The number of nitrogens with zero attached hydrogens (tertiary/aromatic N) is 1. The number of fused-ring (bicyclic) bond motifs is 2. The summed E-state index contributed by atoms with van der Waals surface area (Å²) in [4.78, 5) is 4.65. The lowest BCUT2D eigenvalue weighted by Crippen LogP contribution is -2.16. The highest BCUT2D eigenvalue weighted by Crippen LogP contribution is 2.40. The highest BCUT2D eigenvalue weighted by atomic mass is 16.6. The molecule has 0 atom stereocenters. The smallest absolute Gasteiger partial charge is 0.203 e. The molecule has 0 amide bonds. The van der Waals surface area contributed by atoms with Crippen molar-refractivity contribution in [1.29, 1.82) is 0 Å². The molecule has 4 heteroatoms. The number of aromatic nitrogens is 1. The summed E-state index contributed by atoms with van der Waals surface area (Å²) in [6.45, 7) is 1.09. The Bertz CT molecular complexity index is 901. The van der Waals surface area contributed by atoms with Crippen molar-refractivity contribution < 1.29 is 14.2 Å². The molecule has 0 unspecified atom stereocenters. The Morgan fingerprint density at radius 3 is 2.79 bits per heavy atom. The van der Waals surface area contributed by atoms with Gasteiger partial charge in [0.15, 0.2) is 11.5 Å². The van der Waals surface area contributed by atoms with Gasteiger partial charge in [-0.2, -0.15) is 0 Å². The van der Waals surface area contributed by atoms with E-state index in [2.05, 4.69) is 17.1 Å². The Labute approximate surface area is 140 Å². The van der Waals surface area contributed by atoms with Gasteiger partial charge < -0.3 is 14.2 Å². The van der Waals surface area contributed by atoms with Gasteiger partial charge in [-0.3, -0.25) is 0 Å². The third-order valence-corrected chi connectivity index (χ3v) is 3.92. The summed E-state index contributed by atoms with van der Waals surface area (Å²) >= 11 is 0. The third kappa shape index (κ3) is 2.78. The molecule has 0 radical (unpaired) electrons. The molecule has 24 heavy (non-hydrogen) atoms. The normalized spacial score (nSPS) is 13.4. The van der Waals surface area contributed by atoms with Crippen LogP contribution in [0.1, 0.15) is 11.3 Å². The fraction of sp³-hybridized carbons (Fsp3) is 0.150. The SMILES string of the molecule is COc1cc(/C=C/c2ccc3ccccc3n2)cc2c1OCCO2. The fourth-order valence-corrected chi connectivity index (χ4v) is 2.75. The van der Waals surface area contributed by atoms with E-state index in [1.54, 1.807) is 7.11 Å². The van der Waals surface area contributed by atoms with E-state index in [9.17, 15) is 0 Å². The largest absolute Gasteiger partial charge is 0.493 e. The molecule has 0 spiro atoms. The quantitative estimate of drug-likeness (QED) is 0.726. The second kappa shape index (κ2) is 6.24. The zero-order chi connectivity index (χ0) is 16.4. The first-order chi connectivity index (χ1) is 11.8. The van der Waals surface area contributed by atoms with Crippen LogP contribution in [0.25, 0.3) is 23.1 Å². The monoisotopic (exact) mass is 319 g/mol. The van der Waals surface area contributed by atoms with Crippen molar-refractivity contribution in [2.75, 3.05) is 20.3 Å². The number of methoxy groups -OCH3 is 1. The van der Waals surface area contributed by atoms with Crippen LogP contribution < -0.4 is 14.2 Å². The number of hydrogen-bond acceptors (Lipinski definition) is 4. The van der Waals surface area contributed by atoms with Crippen LogP contribution in [-0.4, -0.2) is 25.3 Å². The molecule has 120 valence electrons. The second-order valence-electron chi connectivity index (χ2n) is 5.51. The molecule has 0 saturated carbocycles. The molecule has 1 aliphatic rings. The highest BCUT2D eigenvalue weighted by molar-refractivity contribution is 5.81. The van der Waals surface area contributed by atoms with Gasteiger partial charge in [0.2, 0.25) is 5.75 Å². The van der Waals surface area contributed by atoms with Crippen LogP contribution in [0.2, 0.25) is 0 Å². The number of benzene rings is 2. The molecule has 3 aromatic rings. The van der Waals surface area contributed by atoms with E-state index in [-0.39, 0.29) is 0 Å². The van der Waals surface area contributed by atoms with Crippen molar-refractivity contribution in [2.24, 2.45) is 0 Å². The standard InChI is InChI=1S/C20H17NO3/c1-22-18-12-14(13-19-20(18)24-11-10-23-19)6-8-16-9-7-15-4-2-3-5-17(15)21-16/h2-9,12-13H,10-11H2,1H3/b8-6+. The van der Waals surface area contributed by atoms with Crippen molar-refractivity contribution in [3.8, 4) is 17.2 Å². The lowest BCUT2D eigenvalue weighted by atomic mass is 10.1. The van der Waals surface area contributed by atoms with Crippen molar-refractivity contribution in [2.45, 2.75) is 0 Å². The van der Waals surface area contributed by atoms with Gasteiger partial charge in [-0.15, -0.1) is 0 Å². The van der Waals surface area contributed by atoms with Gasteiger partial charge in [0.05, 0.1) is 18.3 Å². The average Bonchev–Trinajstić information content (AvgIpc) is 2.65. The molecule has 4 rings (SSSR count). The molecular formula is C20H17NO3. The molecular weight excluding hydrogens is 302 g/mol. The lowest BCUT2D eigenvalue weighted by Gasteiger charge is -2.20. The van der Waals surface area contributed by atoms with E-state index in [0.717, 1.165) is 22.2 Å². The Balaban J connectivity index is 1.67. The fourth-order valence-electron chi connectivity index (χ4n) is 2.75. The molecule has 0 bridgehead atoms. The predicted molar refractivity (Wildman–Crippen MR) is 94.7 cm³/mol. The van der Waals surface area contributed by atoms with E-state index in [1.165, 1.54) is 0 Å². The van der Waals surface area contributed by atoms with E-state index in [0.29, 0.717) is 30.5 Å². The minimum Gasteiger partial charge on any atom is -0.493 e. The first kappa shape index (κ1) is 14.6. The summed E-state index contributed by atoms with van der Waals surface area (Å²) in [5.74, 6) is 2.06. The summed E-state index contributed by atoms with van der Waals surface area (Å²) in [6.07, 6.45) is 3.98. The van der Waals surface area contributed by atoms with E-state index < -0.39 is 0 Å². The van der Waals surface area contributed by atoms with Crippen LogP contribution in [0.3, 0.4) is 0 Å². The van der Waals surface area contributed by atoms with E-state index in [1.807, 2.05) is 48.6 Å². The summed E-state index contributed by atoms with van der Waals surface area (Å²) in [5.41, 5.74) is 2.87. The molecule has 0 saturated heterocycles. The first-order valence-electron chi connectivity index (χ1n) is 7.85. The zero-order valence-corrected chi connectivity index (χ0v) is 13.4. The van der Waals surface area contributed by atoms with Gasteiger partial charge in [0.25, 0.3) is 0 Å². The molecule has 0 fully saturated rings. The number of para-hydroxylation sites is 1. The Morgan fingerprint density at radius 1 is 1.00 bits per heavy atom. The minimum absolute atomic E-state index is 0.541. The Morgan fingerprint density at radius 2 is 1.88 bits per heavy atom. The van der Waals surface area contributed by atoms with E-state index in [4.69, 9.17) is 14.2 Å². The lowest BCUT2D eigenvalue weighted by molar-refractivity contribution is 0.165. The van der Waals surface area contributed by atoms with Crippen LogP contribution in [0.5, 0.6) is 17.2 Å². The highest BCUT2D eigenvalue weighted by Gasteiger charge is 2.17. The molecule has 0 N–H and O–H groups in total. The minimum atomic E-state index is 0.541. The van der Waals surface area contributed by atoms with Crippen LogP contribution in [0.4, 0.5) is 0 Å². The maximum absolute atomic E-state index is 5.66.